The SMILES string of the molecule is C=CC=C(C)c1ccccc1.[Ti]. The van der Waals surface area contributed by atoms with Crippen LogP contribution in [0.15, 0.2) is 49.1 Å². The van der Waals surface area contributed by atoms with Gasteiger partial charge in [-0.25, -0.2) is 0 Å². The van der Waals surface area contributed by atoms with E-state index in [4.69, 9.17) is 0 Å². The molecule has 0 atom stereocenters. The molecule has 60 valence electrons. The molecule has 0 amide bonds. The number of rotatable bonds is 2. The first-order valence-electron chi connectivity index (χ1n) is 3.69. The first-order chi connectivity index (χ1) is 5.34. The maximum atomic E-state index is 3.65. The standard InChI is InChI=1S/C11H12.Ti/c1-3-7-10(2)11-8-5-4-6-9-11;/h3-9H,1H2,2H3;. The Labute approximate surface area is 88.9 Å². The van der Waals surface area contributed by atoms with Crippen molar-refractivity contribution in [3.8, 4) is 0 Å². The Balaban J connectivity index is 0.00000121. The van der Waals surface area contributed by atoms with Crippen molar-refractivity contribution in [1.29, 1.82) is 0 Å². The third-order valence-corrected chi connectivity index (χ3v) is 1.60. The third kappa shape index (κ3) is 3.21. The molecule has 0 aliphatic rings. The van der Waals surface area contributed by atoms with Crippen LogP contribution in [0.2, 0.25) is 0 Å². The van der Waals surface area contributed by atoms with Crippen LogP contribution in [0.25, 0.3) is 5.57 Å². The van der Waals surface area contributed by atoms with Crippen LogP contribution in [0.3, 0.4) is 0 Å². The van der Waals surface area contributed by atoms with E-state index >= 15 is 0 Å². The van der Waals surface area contributed by atoms with Gasteiger partial charge in [0, 0.05) is 21.7 Å². The molecule has 0 N–H and O–H groups in total. The second kappa shape index (κ2) is 5.99. The molecule has 1 heteroatoms. The molecule has 0 unspecified atom stereocenters. The molecule has 0 aromatic heterocycles. The van der Waals surface area contributed by atoms with Crippen LogP contribution in [0, 0.1) is 0 Å². The Morgan fingerprint density at radius 3 is 2.33 bits per heavy atom. The van der Waals surface area contributed by atoms with Gasteiger partial charge in [0.1, 0.15) is 0 Å². The van der Waals surface area contributed by atoms with Crippen molar-refractivity contribution in [3.05, 3.63) is 54.6 Å². The molecule has 0 aliphatic heterocycles. The fraction of sp³-hybridized carbons (Fsp3) is 0.0909. The summed E-state index contributed by atoms with van der Waals surface area (Å²) in [5.41, 5.74) is 2.51. The van der Waals surface area contributed by atoms with Gasteiger partial charge < -0.3 is 0 Å². The quantitative estimate of drug-likeness (QED) is 0.498. The summed E-state index contributed by atoms with van der Waals surface area (Å²) in [7, 11) is 0. The van der Waals surface area contributed by atoms with E-state index in [0.717, 1.165) is 0 Å². The summed E-state index contributed by atoms with van der Waals surface area (Å²) < 4.78 is 0. The van der Waals surface area contributed by atoms with Gasteiger partial charge in [-0.15, -0.1) is 0 Å². The van der Waals surface area contributed by atoms with E-state index in [0.29, 0.717) is 0 Å². The van der Waals surface area contributed by atoms with Crippen LogP contribution >= 0.6 is 0 Å². The van der Waals surface area contributed by atoms with Crippen molar-refractivity contribution in [2.24, 2.45) is 0 Å². The minimum atomic E-state index is 0. The van der Waals surface area contributed by atoms with Gasteiger partial charge in [0.15, 0.2) is 0 Å². The van der Waals surface area contributed by atoms with Crippen LogP contribution in [0.1, 0.15) is 12.5 Å². The van der Waals surface area contributed by atoms with Gasteiger partial charge in [-0.05, 0) is 18.1 Å². The van der Waals surface area contributed by atoms with Crippen LogP contribution in [0.5, 0.6) is 0 Å². The van der Waals surface area contributed by atoms with Gasteiger partial charge in [-0.3, -0.25) is 0 Å². The smallest absolute Gasteiger partial charge is 0 e. The zero-order chi connectivity index (χ0) is 8.10. The van der Waals surface area contributed by atoms with E-state index < -0.39 is 0 Å². The van der Waals surface area contributed by atoms with E-state index in [1.165, 1.54) is 11.1 Å². The molecule has 0 radical (unpaired) electrons. The van der Waals surface area contributed by atoms with Gasteiger partial charge in [0.05, 0.1) is 0 Å². The van der Waals surface area contributed by atoms with Crippen molar-refractivity contribution in [2.75, 3.05) is 0 Å². The second-order valence-corrected chi connectivity index (χ2v) is 2.45. The average Bonchev–Trinajstić information content (AvgIpc) is 2.07. The topological polar surface area (TPSA) is 0 Å². The van der Waals surface area contributed by atoms with Gasteiger partial charge >= 0.3 is 0 Å². The molecule has 0 fully saturated rings. The normalized spacial score (nSPS) is 10.2. The van der Waals surface area contributed by atoms with Crippen LogP contribution < -0.4 is 0 Å². The van der Waals surface area contributed by atoms with Gasteiger partial charge in [0.2, 0.25) is 0 Å². The molecule has 0 nitrogen and oxygen atoms in total. The van der Waals surface area contributed by atoms with E-state index in [2.05, 4.69) is 25.6 Å². The predicted octanol–water partition coefficient (Wildman–Crippen LogP) is 3.27. The molecule has 0 spiro atoms. The number of allylic oxidation sites excluding steroid dienone is 3. The number of benzene rings is 1. The van der Waals surface area contributed by atoms with Gasteiger partial charge in [0.25, 0.3) is 0 Å². The summed E-state index contributed by atoms with van der Waals surface area (Å²) in [6, 6.07) is 10.3. The first-order valence-corrected chi connectivity index (χ1v) is 3.69. The fourth-order valence-corrected chi connectivity index (χ4v) is 0.974. The van der Waals surface area contributed by atoms with Gasteiger partial charge in [-0.2, -0.15) is 0 Å². The van der Waals surface area contributed by atoms with Crippen molar-refractivity contribution in [2.45, 2.75) is 6.92 Å². The van der Waals surface area contributed by atoms with E-state index in [9.17, 15) is 0 Å². The maximum absolute atomic E-state index is 3.65. The minimum absolute atomic E-state index is 0. The van der Waals surface area contributed by atoms with Crippen molar-refractivity contribution < 1.29 is 21.7 Å². The molecule has 0 saturated carbocycles. The van der Waals surface area contributed by atoms with E-state index in [1.807, 2.05) is 30.4 Å². The summed E-state index contributed by atoms with van der Waals surface area (Å²) in [6.07, 6.45) is 3.82. The van der Waals surface area contributed by atoms with E-state index in [1.54, 1.807) is 0 Å². The molecule has 0 bridgehead atoms. The maximum Gasteiger partial charge on any atom is 0 e. The Kier molecular flexibility index (Phi) is 5.70. The Morgan fingerprint density at radius 1 is 1.25 bits per heavy atom. The molecular weight excluding hydrogens is 180 g/mol. The summed E-state index contributed by atoms with van der Waals surface area (Å²) in [4.78, 5) is 0. The largest absolute Gasteiger partial charge is 0.0991 e. The number of hydrogen-bond donors (Lipinski definition) is 0. The number of hydrogen-bond acceptors (Lipinski definition) is 0. The first kappa shape index (κ1) is 11.4. The molecule has 12 heavy (non-hydrogen) atoms. The molecule has 0 aliphatic carbocycles. The molecule has 0 heterocycles. The molecule has 1 aromatic rings. The average molecular weight is 192 g/mol. The third-order valence-electron chi connectivity index (χ3n) is 1.60. The van der Waals surface area contributed by atoms with Crippen LogP contribution in [0.4, 0.5) is 0 Å². The predicted molar refractivity (Wildman–Crippen MR) is 50.3 cm³/mol. The molecule has 1 rings (SSSR count). The van der Waals surface area contributed by atoms with Crippen molar-refractivity contribution >= 4 is 5.57 Å². The fourth-order valence-electron chi connectivity index (χ4n) is 0.974. The molecular formula is C11H12Ti. The van der Waals surface area contributed by atoms with E-state index in [-0.39, 0.29) is 21.7 Å². The Morgan fingerprint density at radius 2 is 1.83 bits per heavy atom. The van der Waals surface area contributed by atoms with Crippen LogP contribution in [-0.4, -0.2) is 0 Å². The van der Waals surface area contributed by atoms with Crippen LogP contribution in [-0.2, 0) is 21.7 Å². The zero-order valence-corrected chi connectivity index (χ0v) is 8.81. The summed E-state index contributed by atoms with van der Waals surface area (Å²) in [6.45, 7) is 5.73. The van der Waals surface area contributed by atoms with Crippen molar-refractivity contribution in [3.63, 3.8) is 0 Å². The van der Waals surface area contributed by atoms with Gasteiger partial charge in [-0.1, -0.05) is 49.1 Å². The monoisotopic (exact) mass is 192 g/mol. The van der Waals surface area contributed by atoms with Crippen molar-refractivity contribution in [1.82, 2.24) is 0 Å². The summed E-state index contributed by atoms with van der Waals surface area (Å²) in [5.74, 6) is 0. The Hall–Kier alpha value is -0.586. The second-order valence-electron chi connectivity index (χ2n) is 2.45. The summed E-state index contributed by atoms with van der Waals surface area (Å²) in [5, 5.41) is 0. The Bertz CT molecular complexity index is 260. The minimum Gasteiger partial charge on any atom is -0.0991 e. The zero-order valence-electron chi connectivity index (χ0n) is 7.25. The molecule has 0 saturated heterocycles. The summed E-state index contributed by atoms with van der Waals surface area (Å²) >= 11 is 0. The molecule has 1 aromatic carbocycles.